The van der Waals surface area contributed by atoms with Crippen LogP contribution in [-0.4, -0.2) is 37.7 Å². The fourth-order valence-electron chi connectivity index (χ4n) is 0. The molecule has 0 saturated heterocycles. The Morgan fingerprint density at radius 1 is 1.00 bits per heavy atom. The van der Waals surface area contributed by atoms with E-state index in [9.17, 15) is 0 Å². The van der Waals surface area contributed by atoms with Crippen molar-refractivity contribution in [3.8, 4) is 0 Å². The van der Waals surface area contributed by atoms with Crippen molar-refractivity contribution < 1.29 is 70.0 Å². The van der Waals surface area contributed by atoms with Crippen LogP contribution in [0.1, 0.15) is 0 Å². The van der Waals surface area contributed by atoms with Crippen LogP contribution in [0.4, 0.5) is 0 Å². The Hall–Kier alpha value is 3.51. The molecule has 0 atom stereocenters. The summed E-state index contributed by atoms with van der Waals surface area (Å²) >= 11 is 0. The average molecular weight is 287 g/mol. The molecule has 0 heterocycles. The largest absolute Gasteiger partial charge is 0 e. The first-order chi connectivity index (χ1) is 0. The second-order valence-electron chi connectivity index (χ2n) is 0. The first-order valence-electron chi connectivity index (χ1n) is 0. The van der Waals surface area contributed by atoms with Crippen LogP contribution < -0.4 is 0 Å². The normalized spacial score (nSPS) is 0. The smallest absolute Gasteiger partial charge is 0 e. The van der Waals surface area contributed by atoms with Crippen LogP contribution in [0.2, 0.25) is 0 Å². The van der Waals surface area contributed by atoms with E-state index in [1.807, 2.05) is 0 Å². The molecule has 4 heavy (non-hydrogen) atoms. The van der Waals surface area contributed by atoms with E-state index in [4.69, 9.17) is 0 Å². The maximum absolute atomic E-state index is 0. The molecular formula is CaCrFeLa. The van der Waals surface area contributed by atoms with E-state index in [-0.39, 0.29) is 108 Å². The summed E-state index contributed by atoms with van der Waals surface area (Å²) < 4.78 is 0. The van der Waals surface area contributed by atoms with E-state index in [1.165, 1.54) is 0 Å². The minimum absolute atomic E-state index is 0. The molecule has 4 heteroatoms. The monoisotopic (exact) mass is 287 g/mol. The van der Waals surface area contributed by atoms with Crippen molar-refractivity contribution in [2.24, 2.45) is 0 Å². The Morgan fingerprint density at radius 3 is 1.00 bits per heavy atom. The Bertz CT molecular complexity index is 8.00. The summed E-state index contributed by atoms with van der Waals surface area (Å²) in [4.78, 5) is 0. The molecule has 0 aliphatic rings. The van der Waals surface area contributed by atoms with Crippen LogP contribution in [0, 0.1) is 35.6 Å². The molecule has 0 fully saturated rings. The SMILES string of the molecule is [Ca].[Cr].[Fe].[La]. The number of hydrogen-bond donors (Lipinski definition) is 0. The second-order valence-corrected chi connectivity index (χ2v) is 0. The molecule has 19 valence electrons. The van der Waals surface area contributed by atoms with Gasteiger partial charge in [-0.3, -0.25) is 0 Å². The predicted molar refractivity (Wildman–Crippen MR) is 5.75 cm³/mol. The molecule has 3 radical (unpaired) electrons. The van der Waals surface area contributed by atoms with Gasteiger partial charge in [-0.2, -0.15) is 0 Å². The fraction of sp³-hybridized carbons (Fsp3) is 0. The van der Waals surface area contributed by atoms with Gasteiger partial charge >= 0.3 is 0 Å². The zero-order valence-electron chi connectivity index (χ0n) is 2.05. The first-order valence-corrected chi connectivity index (χ1v) is 0. The molecule has 0 aromatic carbocycles. The van der Waals surface area contributed by atoms with Gasteiger partial charge in [-0.25, -0.2) is 0 Å². The van der Waals surface area contributed by atoms with E-state index in [1.54, 1.807) is 0 Å². The Kier molecular flexibility index (Phi) is 104. The third-order valence-corrected chi connectivity index (χ3v) is 0. The van der Waals surface area contributed by atoms with Gasteiger partial charge in [-0.05, 0) is 0 Å². The molecular weight excluding hydrogens is 287 g/mol. The zero-order valence-corrected chi connectivity index (χ0v) is 10.3. The van der Waals surface area contributed by atoms with Crippen molar-refractivity contribution in [3.63, 3.8) is 0 Å². The summed E-state index contributed by atoms with van der Waals surface area (Å²) in [7, 11) is 0. The maximum atomic E-state index is 0. The van der Waals surface area contributed by atoms with E-state index in [0.29, 0.717) is 0 Å². The Labute approximate surface area is 105 Å². The van der Waals surface area contributed by atoms with Crippen LogP contribution in [0.25, 0.3) is 0 Å². The summed E-state index contributed by atoms with van der Waals surface area (Å²) in [6.45, 7) is 0. The second kappa shape index (κ2) is 16.0. The van der Waals surface area contributed by atoms with Gasteiger partial charge in [0, 0.05) is 108 Å². The van der Waals surface area contributed by atoms with E-state index < -0.39 is 0 Å². The van der Waals surface area contributed by atoms with Crippen molar-refractivity contribution in [2.75, 3.05) is 0 Å². The Balaban J connectivity index is 0. The van der Waals surface area contributed by atoms with Gasteiger partial charge in [0.1, 0.15) is 0 Å². The third-order valence-electron chi connectivity index (χ3n) is 0. The van der Waals surface area contributed by atoms with Gasteiger partial charge in [0.15, 0.2) is 0 Å². The minimum atomic E-state index is 0. The summed E-state index contributed by atoms with van der Waals surface area (Å²) in [5.41, 5.74) is 0. The van der Waals surface area contributed by atoms with Crippen molar-refractivity contribution in [1.29, 1.82) is 0 Å². The van der Waals surface area contributed by atoms with Crippen LogP contribution in [0.3, 0.4) is 0 Å². The maximum Gasteiger partial charge on any atom is 0 e. The Morgan fingerprint density at radius 2 is 1.00 bits per heavy atom. The van der Waals surface area contributed by atoms with Crippen LogP contribution >= 0.6 is 0 Å². The fourth-order valence-corrected chi connectivity index (χ4v) is 0. The zero-order chi connectivity index (χ0) is 0. The predicted octanol–water partition coefficient (Wildman–Crippen LogP) is -0.386. The molecule has 0 rings (SSSR count). The summed E-state index contributed by atoms with van der Waals surface area (Å²) in [6.07, 6.45) is 0. The van der Waals surface area contributed by atoms with Crippen LogP contribution in [-0.2, 0) is 34.4 Å². The van der Waals surface area contributed by atoms with Gasteiger partial charge < -0.3 is 0 Å². The molecule has 0 unspecified atom stereocenters. The minimum Gasteiger partial charge on any atom is 0 e. The number of rotatable bonds is 0. The summed E-state index contributed by atoms with van der Waals surface area (Å²) in [5, 5.41) is 0. The van der Waals surface area contributed by atoms with E-state index in [0.717, 1.165) is 0 Å². The quantitative estimate of drug-likeness (QED) is 0.533. The van der Waals surface area contributed by atoms with Crippen molar-refractivity contribution in [3.05, 3.63) is 0 Å². The summed E-state index contributed by atoms with van der Waals surface area (Å²) in [6, 6.07) is 0. The third kappa shape index (κ3) is 9.10. The van der Waals surface area contributed by atoms with Crippen LogP contribution in [0.15, 0.2) is 0 Å². The van der Waals surface area contributed by atoms with Gasteiger partial charge in [-0.15, -0.1) is 0 Å². The molecule has 0 N–H and O–H groups in total. The molecule has 0 nitrogen and oxygen atoms in total. The van der Waals surface area contributed by atoms with Crippen molar-refractivity contribution in [2.45, 2.75) is 0 Å². The summed E-state index contributed by atoms with van der Waals surface area (Å²) in [5.74, 6) is 0. The van der Waals surface area contributed by atoms with Gasteiger partial charge in [-0.1, -0.05) is 0 Å². The van der Waals surface area contributed by atoms with Gasteiger partial charge in [0.2, 0.25) is 0 Å². The molecule has 0 aliphatic heterocycles. The molecule has 0 bridgehead atoms. The first kappa shape index (κ1) is 25.8. The average Bonchev–Trinajstić information content (AvgIpc) is 0. The van der Waals surface area contributed by atoms with E-state index >= 15 is 0 Å². The number of hydrogen-bond acceptors (Lipinski definition) is 0. The molecule has 0 spiro atoms. The van der Waals surface area contributed by atoms with E-state index in [2.05, 4.69) is 0 Å². The van der Waals surface area contributed by atoms with Crippen molar-refractivity contribution in [1.82, 2.24) is 0 Å². The topological polar surface area (TPSA) is 0 Å². The standard InChI is InChI=1S/Ca.Cr.Fe.La. The molecule has 0 aromatic heterocycles. The molecule has 0 aliphatic carbocycles. The molecule has 0 amide bonds. The molecule has 0 saturated carbocycles. The van der Waals surface area contributed by atoms with Crippen LogP contribution in [0.5, 0.6) is 0 Å². The van der Waals surface area contributed by atoms with Gasteiger partial charge in [0.05, 0.1) is 0 Å². The molecule has 0 aromatic rings. The van der Waals surface area contributed by atoms with Crippen molar-refractivity contribution >= 4 is 37.7 Å². The van der Waals surface area contributed by atoms with Gasteiger partial charge in [0.25, 0.3) is 0 Å².